The highest BCUT2D eigenvalue weighted by molar-refractivity contribution is 6.31. The van der Waals surface area contributed by atoms with Gasteiger partial charge in [0.1, 0.15) is 18.5 Å². The van der Waals surface area contributed by atoms with Crippen molar-refractivity contribution in [2.75, 3.05) is 0 Å². The van der Waals surface area contributed by atoms with E-state index in [9.17, 15) is 13.2 Å². The van der Waals surface area contributed by atoms with E-state index >= 15 is 0 Å². The van der Waals surface area contributed by atoms with Gasteiger partial charge < -0.3 is 9.47 Å². The lowest BCUT2D eigenvalue weighted by Crippen LogP contribution is -2.11. The standard InChI is InChI=1S/C18H12ClF3N2O2/c19-13-6-7-14(26-15-8-9-23-11-24-15)17(16(13)18(20,21)22)25-10-12-4-2-1-3-5-12/h1-9,11H,10H2. The maximum atomic E-state index is 13.5. The van der Waals surface area contributed by atoms with Crippen molar-refractivity contribution in [2.24, 2.45) is 0 Å². The summed E-state index contributed by atoms with van der Waals surface area (Å²) in [4.78, 5) is 7.58. The Hall–Kier alpha value is -2.80. The van der Waals surface area contributed by atoms with Crippen LogP contribution in [-0.2, 0) is 12.8 Å². The molecule has 8 heteroatoms. The molecule has 0 saturated carbocycles. The SMILES string of the molecule is FC(F)(F)c1c(Cl)ccc(Oc2ccncn2)c1OCc1ccccc1. The minimum absolute atomic E-state index is 0.0790. The molecule has 0 aliphatic rings. The number of rotatable bonds is 5. The van der Waals surface area contributed by atoms with Crippen LogP contribution in [0.15, 0.2) is 61.1 Å². The summed E-state index contributed by atoms with van der Waals surface area (Å²) in [5, 5.41) is -0.476. The lowest BCUT2D eigenvalue weighted by molar-refractivity contribution is -0.139. The molecule has 0 spiro atoms. The molecule has 1 aromatic heterocycles. The summed E-state index contributed by atoms with van der Waals surface area (Å²) in [6.45, 7) is -0.0790. The first-order valence-electron chi connectivity index (χ1n) is 7.45. The first-order chi connectivity index (χ1) is 12.4. The van der Waals surface area contributed by atoms with Crippen LogP contribution in [0.1, 0.15) is 11.1 Å². The smallest absolute Gasteiger partial charge is 0.421 e. The third kappa shape index (κ3) is 4.23. The monoisotopic (exact) mass is 380 g/mol. The molecule has 3 rings (SSSR count). The number of benzene rings is 2. The van der Waals surface area contributed by atoms with Gasteiger partial charge in [0.2, 0.25) is 5.88 Å². The van der Waals surface area contributed by atoms with Gasteiger partial charge in [-0.2, -0.15) is 13.2 Å². The Balaban J connectivity index is 2.00. The van der Waals surface area contributed by atoms with Crippen LogP contribution in [0.25, 0.3) is 0 Å². The first-order valence-corrected chi connectivity index (χ1v) is 7.83. The van der Waals surface area contributed by atoms with Crippen LogP contribution in [-0.4, -0.2) is 9.97 Å². The number of ether oxygens (including phenoxy) is 2. The second-order valence-electron chi connectivity index (χ2n) is 5.17. The fraction of sp³-hybridized carbons (Fsp3) is 0.111. The van der Waals surface area contributed by atoms with Crippen molar-refractivity contribution >= 4 is 11.6 Å². The number of hydrogen-bond donors (Lipinski definition) is 0. The highest BCUT2D eigenvalue weighted by Gasteiger charge is 2.39. The number of hydrogen-bond acceptors (Lipinski definition) is 4. The van der Waals surface area contributed by atoms with Crippen LogP contribution >= 0.6 is 11.6 Å². The molecule has 2 aromatic carbocycles. The molecular formula is C18H12ClF3N2O2. The minimum Gasteiger partial charge on any atom is -0.484 e. The molecule has 0 aliphatic heterocycles. The van der Waals surface area contributed by atoms with Gasteiger partial charge in [0.05, 0.1) is 5.02 Å². The van der Waals surface area contributed by atoms with Crippen molar-refractivity contribution in [3.63, 3.8) is 0 Å². The number of halogens is 4. The Morgan fingerprint density at radius 2 is 1.77 bits per heavy atom. The summed E-state index contributed by atoms with van der Waals surface area (Å²) >= 11 is 5.79. The van der Waals surface area contributed by atoms with Gasteiger partial charge in [-0.15, -0.1) is 0 Å². The van der Waals surface area contributed by atoms with Crippen LogP contribution in [0.3, 0.4) is 0 Å². The lowest BCUT2D eigenvalue weighted by atomic mass is 10.1. The van der Waals surface area contributed by atoms with Crippen molar-refractivity contribution in [1.29, 1.82) is 0 Å². The van der Waals surface area contributed by atoms with Crippen molar-refractivity contribution in [3.05, 3.63) is 77.2 Å². The highest BCUT2D eigenvalue weighted by Crippen LogP contribution is 2.46. The molecule has 0 bridgehead atoms. The zero-order chi connectivity index (χ0) is 18.6. The molecule has 4 nitrogen and oxygen atoms in total. The van der Waals surface area contributed by atoms with Crippen LogP contribution < -0.4 is 9.47 Å². The molecule has 26 heavy (non-hydrogen) atoms. The van der Waals surface area contributed by atoms with Crippen molar-refractivity contribution in [2.45, 2.75) is 12.8 Å². The van der Waals surface area contributed by atoms with E-state index in [1.165, 1.54) is 24.7 Å². The molecule has 0 unspecified atom stereocenters. The maximum absolute atomic E-state index is 13.5. The van der Waals surface area contributed by atoms with Gasteiger partial charge in [-0.05, 0) is 17.7 Å². The van der Waals surface area contributed by atoms with Gasteiger partial charge in [0.25, 0.3) is 0 Å². The Kier molecular flexibility index (Phi) is 5.27. The Morgan fingerprint density at radius 1 is 1.00 bits per heavy atom. The quantitative estimate of drug-likeness (QED) is 0.584. The average Bonchev–Trinajstić information content (AvgIpc) is 2.62. The second-order valence-corrected chi connectivity index (χ2v) is 5.58. The molecule has 0 fully saturated rings. The van der Waals surface area contributed by atoms with Crippen molar-refractivity contribution in [1.82, 2.24) is 9.97 Å². The highest BCUT2D eigenvalue weighted by atomic mass is 35.5. The van der Waals surface area contributed by atoms with Crippen LogP contribution in [0.4, 0.5) is 13.2 Å². The Labute approximate surface area is 152 Å². The van der Waals surface area contributed by atoms with Crippen LogP contribution in [0.5, 0.6) is 17.4 Å². The zero-order valence-corrected chi connectivity index (χ0v) is 14.0. The average molecular weight is 381 g/mol. The number of aromatic nitrogens is 2. The first kappa shape index (κ1) is 18.0. The summed E-state index contributed by atoms with van der Waals surface area (Å²) in [7, 11) is 0. The van der Waals surface area contributed by atoms with E-state index in [-0.39, 0.29) is 18.2 Å². The third-order valence-corrected chi connectivity index (χ3v) is 3.66. The largest absolute Gasteiger partial charge is 0.484 e. The third-order valence-electron chi connectivity index (χ3n) is 3.35. The second kappa shape index (κ2) is 7.61. The maximum Gasteiger partial charge on any atom is 0.421 e. The minimum atomic E-state index is -4.71. The van der Waals surface area contributed by atoms with Crippen LogP contribution in [0.2, 0.25) is 5.02 Å². The molecule has 134 valence electrons. The van der Waals surface area contributed by atoms with E-state index in [0.717, 1.165) is 6.07 Å². The summed E-state index contributed by atoms with van der Waals surface area (Å²) in [6, 6.07) is 12.6. The molecule has 1 heterocycles. The summed E-state index contributed by atoms with van der Waals surface area (Å²) < 4.78 is 51.4. The van der Waals surface area contributed by atoms with E-state index in [4.69, 9.17) is 21.1 Å². The van der Waals surface area contributed by atoms with Crippen molar-refractivity contribution in [3.8, 4) is 17.4 Å². The molecule has 0 aliphatic carbocycles. The molecule has 0 radical (unpaired) electrons. The van der Waals surface area contributed by atoms with Gasteiger partial charge >= 0.3 is 6.18 Å². The van der Waals surface area contributed by atoms with E-state index in [1.807, 2.05) is 0 Å². The van der Waals surface area contributed by atoms with Crippen molar-refractivity contribution < 1.29 is 22.6 Å². The fourth-order valence-corrected chi connectivity index (χ4v) is 2.46. The van der Waals surface area contributed by atoms with Gasteiger partial charge in [0, 0.05) is 12.3 Å². The molecule has 0 saturated heterocycles. The van der Waals surface area contributed by atoms with E-state index < -0.39 is 22.5 Å². The van der Waals surface area contributed by atoms with E-state index in [1.54, 1.807) is 30.3 Å². The topological polar surface area (TPSA) is 44.2 Å². The number of alkyl halides is 3. The Morgan fingerprint density at radius 3 is 2.42 bits per heavy atom. The van der Waals surface area contributed by atoms with Gasteiger partial charge in [-0.3, -0.25) is 0 Å². The Bertz CT molecular complexity index is 875. The molecule has 3 aromatic rings. The summed E-state index contributed by atoms with van der Waals surface area (Å²) in [5.41, 5.74) is -0.393. The van der Waals surface area contributed by atoms with Crippen LogP contribution in [0, 0.1) is 0 Å². The molecule has 0 atom stereocenters. The molecule has 0 amide bonds. The predicted molar refractivity (Wildman–Crippen MR) is 89.3 cm³/mol. The molecular weight excluding hydrogens is 369 g/mol. The van der Waals surface area contributed by atoms with Gasteiger partial charge in [-0.25, -0.2) is 9.97 Å². The zero-order valence-electron chi connectivity index (χ0n) is 13.2. The number of nitrogens with zero attached hydrogens (tertiary/aromatic N) is 2. The summed E-state index contributed by atoms with van der Waals surface area (Å²) in [5.74, 6) is -0.552. The summed E-state index contributed by atoms with van der Waals surface area (Å²) in [6.07, 6.45) is -2.08. The van der Waals surface area contributed by atoms with Gasteiger partial charge in [0.15, 0.2) is 11.5 Å². The fourth-order valence-electron chi connectivity index (χ4n) is 2.21. The van der Waals surface area contributed by atoms with E-state index in [0.29, 0.717) is 5.56 Å². The predicted octanol–water partition coefficient (Wildman–Crippen LogP) is 5.52. The molecule has 0 N–H and O–H groups in total. The van der Waals surface area contributed by atoms with E-state index in [2.05, 4.69) is 9.97 Å². The normalized spacial score (nSPS) is 11.2. The lowest BCUT2D eigenvalue weighted by Gasteiger charge is -2.18. The van der Waals surface area contributed by atoms with Gasteiger partial charge in [-0.1, -0.05) is 41.9 Å².